The smallest absolute Gasteiger partial charge is 0.309 e. The summed E-state index contributed by atoms with van der Waals surface area (Å²) in [6, 6.07) is 0. The highest BCUT2D eigenvalue weighted by Gasteiger charge is 2.33. The summed E-state index contributed by atoms with van der Waals surface area (Å²) >= 11 is 0. The van der Waals surface area contributed by atoms with Crippen LogP contribution in [0.1, 0.15) is 67.2 Å². The molecule has 1 aliphatic carbocycles. The molecule has 0 N–H and O–H groups in total. The van der Waals surface area contributed by atoms with Crippen LogP contribution in [-0.2, 0) is 23.8 Å². The minimum atomic E-state index is -0.176. The maximum atomic E-state index is 12.4. The number of rotatable bonds is 8. The maximum absolute atomic E-state index is 12.4. The zero-order valence-electron chi connectivity index (χ0n) is 18.3. The van der Waals surface area contributed by atoms with Gasteiger partial charge in [-0.25, -0.2) is 0 Å². The summed E-state index contributed by atoms with van der Waals surface area (Å²) in [6.07, 6.45) is 2.74. The molecule has 1 saturated carbocycles. The van der Waals surface area contributed by atoms with Crippen LogP contribution in [0.5, 0.6) is 0 Å². The number of hydrogen-bond donors (Lipinski definition) is 0. The number of ether oxygens (including phenoxy) is 3. The predicted octanol–water partition coefficient (Wildman–Crippen LogP) is 3.42. The van der Waals surface area contributed by atoms with Crippen molar-refractivity contribution in [2.24, 2.45) is 11.8 Å². The molecule has 1 rings (SSSR count). The molecule has 0 radical (unpaired) electrons. The molecule has 0 amide bonds. The molecule has 0 aliphatic heterocycles. The second kappa shape index (κ2) is 10.4. The van der Waals surface area contributed by atoms with Crippen LogP contribution in [0.2, 0.25) is 0 Å². The van der Waals surface area contributed by atoms with E-state index in [0.717, 1.165) is 0 Å². The molecule has 6 heteroatoms. The lowest BCUT2D eigenvalue weighted by Gasteiger charge is -2.45. The van der Waals surface area contributed by atoms with E-state index in [1.165, 1.54) is 0 Å². The number of hydrogen-bond acceptors (Lipinski definition) is 6. The molecule has 1 aliphatic rings. The Morgan fingerprint density at radius 3 is 1.56 bits per heavy atom. The highest BCUT2D eigenvalue weighted by Crippen LogP contribution is 2.30. The minimum Gasteiger partial charge on any atom is -0.464 e. The number of carbonyl (C=O) groups excluding carboxylic acids is 2. The third-order valence-electron chi connectivity index (χ3n) is 5.10. The van der Waals surface area contributed by atoms with Gasteiger partial charge in [0.1, 0.15) is 13.2 Å². The molecule has 158 valence electrons. The van der Waals surface area contributed by atoms with Gasteiger partial charge in [0.15, 0.2) is 0 Å². The highest BCUT2D eigenvalue weighted by molar-refractivity contribution is 5.75. The first-order chi connectivity index (χ1) is 12.5. The van der Waals surface area contributed by atoms with Gasteiger partial charge in [-0.2, -0.15) is 0 Å². The number of carbonyl (C=O) groups is 2. The van der Waals surface area contributed by atoms with Gasteiger partial charge >= 0.3 is 11.9 Å². The second-order valence-electron chi connectivity index (χ2n) is 9.37. The van der Waals surface area contributed by atoms with Crippen LogP contribution >= 0.6 is 0 Å². The Morgan fingerprint density at radius 2 is 1.19 bits per heavy atom. The zero-order chi connectivity index (χ0) is 20.7. The fourth-order valence-corrected chi connectivity index (χ4v) is 3.94. The Balaban J connectivity index is 2.38. The van der Waals surface area contributed by atoms with Gasteiger partial charge in [-0.15, -0.1) is 0 Å². The quantitative estimate of drug-likeness (QED) is 0.471. The summed E-state index contributed by atoms with van der Waals surface area (Å²) in [5.41, 5.74) is 0.0117. The fourth-order valence-electron chi connectivity index (χ4n) is 3.94. The average molecular weight is 386 g/mol. The Labute approximate surface area is 164 Å². The topological polar surface area (TPSA) is 65.1 Å². The van der Waals surface area contributed by atoms with Crippen LogP contribution < -0.4 is 0 Å². The van der Waals surface area contributed by atoms with Crippen molar-refractivity contribution in [3.05, 3.63) is 0 Å². The van der Waals surface area contributed by atoms with Gasteiger partial charge in [-0.1, -0.05) is 0 Å². The van der Waals surface area contributed by atoms with Crippen LogP contribution in [-0.4, -0.2) is 61.4 Å². The van der Waals surface area contributed by atoms with Crippen molar-refractivity contribution in [3.63, 3.8) is 0 Å². The van der Waals surface area contributed by atoms with E-state index in [2.05, 4.69) is 46.4 Å². The van der Waals surface area contributed by atoms with E-state index in [1.54, 1.807) is 7.11 Å². The third-order valence-corrected chi connectivity index (χ3v) is 5.10. The Morgan fingerprint density at radius 1 is 0.778 bits per heavy atom. The molecule has 0 spiro atoms. The van der Waals surface area contributed by atoms with Crippen molar-refractivity contribution in [3.8, 4) is 0 Å². The van der Waals surface area contributed by atoms with Crippen molar-refractivity contribution >= 4 is 11.9 Å². The first kappa shape index (κ1) is 23.9. The lowest BCUT2D eigenvalue weighted by Crippen LogP contribution is -2.53. The number of methoxy groups -OCH3 is 1. The molecular weight excluding hydrogens is 346 g/mol. The van der Waals surface area contributed by atoms with E-state index < -0.39 is 0 Å². The van der Waals surface area contributed by atoms with E-state index >= 15 is 0 Å². The summed E-state index contributed by atoms with van der Waals surface area (Å²) < 4.78 is 15.6. The van der Waals surface area contributed by atoms with Crippen molar-refractivity contribution in [2.45, 2.75) is 78.3 Å². The Bertz CT molecular complexity index is 456. The molecule has 0 aromatic heterocycles. The van der Waals surface area contributed by atoms with Gasteiger partial charge in [0.2, 0.25) is 0 Å². The monoisotopic (exact) mass is 385 g/mol. The molecule has 0 bridgehead atoms. The third kappa shape index (κ3) is 8.18. The SMILES string of the molecule is COCCOC(=O)C1CCC(C(=O)OCCN(C(C)(C)C)C(C)(C)C)CC1. The van der Waals surface area contributed by atoms with Gasteiger partial charge in [0.05, 0.1) is 18.4 Å². The highest BCUT2D eigenvalue weighted by atomic mass is 16.6. The number of esters is 2. The van der Waals surface area contributed by atoms with Gasteiger partial charge in [-0.3, -0.25) is 14.5 Å². The van der Waals surface area contributed by atoms with Gasteiger partial charge in [0.25, 0.3) is 0 Å². The molecule has 0 heterocycles. The van der Waals surface area contributed by atoms with Crippen LogP contribution in [0.15, 0.2) is 0 Å². The predicted molar refractivity (Wildman–Crippen MR) is 105 cm³/mol. The average Bonchev–Trinajstić information content (AvgIpc) is 2.56. The van der Waals surface area contributed by atoms with Gasteiger partial charge < -0.3 is 14.2 Å². The molecule has 27 heavy (non-hydrogen) atoms. The summed E-state index contributed by atoms with van der Waals surface area (Å²) in [7, 11) is 1.58. The summed E-state index contributed by atoms with van der Waals surface area (Å²) in [4.78, 5) is 26.7. The van der Waals surface area contributed by atoms with Crippen molar-refractivity contribution < 1.29 is 23.8 Å². The molecule has 1 fully saturated rings. The Hall–Kier alpha value is -1.14. The standard InChI is InChI=1S/C21H39NO5/c1-20(2,3)22(21(4,5)6)12-13-26-18(23)16-8-10-17(11-9-16)19(24)27-15-14-25-7/h16-17H,8-15H2,1-7H3. The Kier molecular flexibility index (Phi) is 9.22. The molecule has 0 saturated heterocycles. The molecule has 6 nitrogen and oxygen atoms in total. The summed E-state index contributed by atoms with van der Waals surface area (Å²) in [5, 5.41) is 0. The fraction of sp³-hybridized carbons (Fsp3) is 0.905. The molecule has 0 aromatic carbocycles. The van der Waals surface area contributed by atoms with Crippen LogP contribution in [0, 0.1) is 11.8 Å². The van der Waals surface area contributed by atoms with Crippen molar-refractivity contribution in [1.82, 2.24) is 4.90 Å². The van der Waals surface area contributed by atoms with Crippen molar-refractivity contribution in [2.75, 3.05) is 33.5 Å². The van der Waals surface area contributed by atoms with Crippen LogP contribution in [0.4, 0.5) is 0 Å². The van der Waals surface area contributed by atoms with Gasteiger partial charge in [-0.05, 0) is 67.2 Å². The molecule has 0 unspecified atom stereocenters. The first-order valence-electron chi connectivity index (χ1n) is 10.1. The van der Waals surface area contributed by atoms with Crippen molar-refractivity contribution in [1.29, 1.82) is 0 Å². The van der Waals surface area contributed by atoms with Gasteiger partial charge in [0, 0.05) is 24.7 Å². The maximum Gasteiger partial charge on any atom is 0.309 e. The normalized spacial score (nSPS) is 21.2. The van der Waals surface area contributed by atoms with E-state index in [4.69, 9.17) is 14.2 Å². The van der Waals surface area contributed by atoms with E-state index in [1.807, 2.05) is 0 Å². The lowest BCUT2D eigenvalue weighted by atomic mass is 9.82. The summed E-state index contributed by atoms with van der Waals surface area (Å²) in [5.74, 6) is -0.525. The molecule has 0 aromatic rings. The van der Waals surface area contributed by atoms with E-state index in [-0.39, 0.29) is 41.5 Å². The van der Waals surface area contributed by atoms with Crippen LogP contribution in [0.3, 0.4) is 0 Å². The minimum absolute atomic E-state index is 0.00585. The second-order valence-corrected chi connectivity index (χ2v) is 9.37. The molecular formula is C21H39NO5. The largest absolute Gasteiger partial charge is 0.464 e. The van der Waals surface area contributed by atoms with Crippen LogP contribution in [0.25, 0.3) is 0 Å². The first-order valence-corrected chi connectivity index (χ1v) is 10.1. The molecule has 0 atom stereocenters. The van der Waals surface area contributed by atoms with E-state index in [9.17, 15) is 9.59 Å². The van der Waals surface area contributed by atoms with E-state index in [0.29, 0.717) is 45.4 Å². The summed E-state index contributed by atoms with van der Waals surface area (Å²) in [6.45, 7) is 14.8. The zero-order valence-corrected chi connectivity index (χ0v) is 18.3. The number of nitrogens with zero attached hydrogens (tertiary/aromatic N) is 1. The lowest BCUT2D eigenvalue weighted by molar-refractivity contribution is -0.156.